The van der Waals surface area contributed by atoms with Gasteiger partial charge in [-0.3, -0.25) is 0 Å². The van der Waals surface area contributed by atoms with Gasteiger partial charge in [-0.2, -0.15) is 24.7 Å². The Balaban J connectivity index is 1.97. The number of aromatic nitrogens is 6. The van der Waals surface area contributed by atoms with Crippen molar-refractivity contribution in [3.05, 3.63) is 41.4 Å². The average Bonchev–Trinajstić information content (AvgIpc) is 2.95. The van der Waals surface area contributed by atoms with Crippen LogP contribution in [0.15, 0.2) is 41.4 Å². The van der Waals surface area contributed by atoms with Crippen LogP contribution in [0.2, 0.25) is 0 Å². The van der Waals surface area contributed by atoms with Crippen LogP contribution in [0.4, 0.5) is 5.95 Å². The van der Waals surface area contributed by atoms with E-state index >= 15 is 0 Å². The lowest BCUT2D eigenvalue weighted by molar-refractivity contribution is 0.436. The summed E-state index contributed by atoms with van der Waals surface area (Å²) in [5, 5.41) is 3.93. The van der Waals surface area contributed by atoms with Crippen LogP contribution in [-0.2, 0) is 0 Å². The maximum atomic E-state index is 5.64. The molecule has 2 heterocycles. The van der Waals surface area contributed by atoms with Gasteiger partial charge >= 0.3 is 6.01 Å². The standard InChI is InChI=1S/C11H8BrN7O/c12-7-3-1-2-4-8(7)20-11-17-9(13)16-10(18-11)19-6-14-5-15-19/h1-6H,(H2,13,16,17,18). The van der Waals surface area contributed by atoms with Crippen molar-refractivity contribution in [3.63, 3.8) is 0 Å². The quantitative estimate of drug-likeness (QED) is 0.775. The van der Waals surface area contributed by atoms with Crippen LogP contribution in [0.1, 0.15) is 0 Å². The first kappa shape index (κ1) is 12.5. The molecule has 2 aromatic heterocycles. The fraction of sp³-hybridized carbons (Fsp3) is 0. The van der Waals surface area contributed by atoms with Crippen LogP contribution in [0.3, 0.4) is 0 Å². The maximum Gasteiger partial charge on any atom is 0.328 e. The van der Waals surface area contributed by atoms with E-state index in [0.717, 1.165) is 4.47 Å². The Morgan fingerprint density at radius 3 is 2.75 bits per heavy atom. The Morgan fingerprint density at radius 1 is 1.15 bits per heavy atom. The Kier molecular flexibility index (Phi) is 3.25. The number of para-hydroxylation sites is 1. The van der Waals surface area contributed by atoms with Gasteiger partial charge in [-0.05, 0) is 28.1 Å². The van der Waals surface area contributed by atoms with Crippen molar-refractivity contribution in [2.45, 2.75) is 0 Å². The number of ether oxygens (including phenoxy) is 1. The van der Waals surface area contributed by atoms with E-state index in [9.17, 15) is 0 Å². The highest BCUT2D eigenvalue weighted by molar-refractivity contribution is 9.10. The van der Waals surface area contributed by atoms with E-state index in [0.29, 0.717) is 5.75 Å². The van der Waals surface area contributed by atoms with Crippen molar-refractivity contribution in [3.8, 4) is 17.7 Å². The molecule has 2 N–H and O–H groups in total. The number of anilines is 1. The van der Waals surface area contributed by atoms with Gasteiger partial charge < -0.3 is 10.5 Å². The Morgan fingerprint density at radius 2 is 2.00 bits per heavy atom. The lowest BCUT2D eigenvalue weighted by Crippen LogP contribution is -2.08. The van der Waals surface area contributed by atoms with Crippen LogP contribution in [0.25, 0.3) is 5.95 Å². The van der Waals surface area contributed by atoms with E-state index < -0.39 is 0 Å². The number of nitrogen functional groups attached to an aromatic ring is 1. The zero-order valence-electron chi connectivity index (χ0n) is 10.0. The van der Waals surface area contributed by atoms with Crippen LogP contribution in [0.5, 0.6) is 11.8 Å². The molecule has 0 atom stereocenters. The molecule has 3 aromatic rings. The summed E-state index contributed by atoms with van der Waals surface area (Å²) >= 11 is 3.37. The van der Waals surface area contributed by atoms with Gasteiger partial charge in [0.05, 0.1) is 4.47 Å². The number of halogens is 1. The molecule has 20 heavy (non-hydrogen) atoms. The first-order valence-electron chi connectivity index (χ1n) is 5.51. The maximum absolute atomic E-state index is 5.64. The van der Waals surface area contributed by atoms with Crippen molar-refractivity contribution in [1.82, 2.24) is 29.7 Å². The zero-order chi connectivity index (χ0) is 13.9. The summed E-state index contributed by atoms with van der Waals surface area (Å²) in [6.45, 7) is 0. The van der Waals surface area contributed by atoms with Gasteiger partial charge in [-0.1, -0.05) is 12.1 Å². The highest BCUT2D eigenvalue weighted by Gasteiger charge is 2.10. The van der Waals surface area contributed by atoms with Gasteiger partial charge in [-0.25, -0.2) is 4.98 Å². The van der Waals surface area contributed by atoms with E-state index in [1.165, 1.54) is 17.3 Å². The van der Waals surface area contributed by atoms with Crippen LogP contribution in [-0.4, -0.2) is 29.7 Å². The summed E-state index contributed by atoms with van der Waals surface area (Å²) in [5.74, 6) is 0.840. The van der Waals surface area contributed by atoms with E-state index in [4.69, 9.17) is 10.5 Å². The van der Waals surface area contributed by atoms with Crippen LogP contribution in [0, 0.1) is 0 Å². The minimum absolute atomic E-state index is 0.0348. The summed E-state index contributed by atoms with van der Waals surface area (Å²) in [4.78, 5) is 15.8. The number of benzene rings is 1. The molecule has 1 aromatic carbocycles. The number of nitrogens with two attached hydrogens (primary N) is 1. The molecular formula is C11H8BrN7O. The highest BCUT2D eigenvalue weighted by atomic mass is 79.9. The zero-order valence-corrected chi connectivity index (χ0v) is 11.6. The van der Waals surface area contributed by atoms with Crippen molar-refractivity contribution in [2.24, 2.45) is 0 Å². The largest absolute Gasteiger partial charge is 0.423 e. The minimum Gasteiger partial charge on any atom is -0.423 e. The molecule has 0 spiro atoms. The van der Waals surface area contributed by atoms with Gasteiger partial charge in [0.15, 0.2) is 0 Å². The van der Waals surface area contributed by atoms with Gasteiger partial charge in [-0.15, -0.1) is 0 Å². The monoisotopic (exact) mass is 333 g/mol. The fourth-order valence-electron chi connectivity index (χ4n) is 1.45. The second-order valence-electron chi connectivity index (χ2n) is 3.65. The summed E-state index contributed by atoms with van der Waals surface area (Å²) in [6, 6.07) is 7.41. The minimum atomic E-state index is 0.0348. The van der Waals surface area contributed by atoms with Crippen LogP contribution >= 0.6 is 15.9 Å². The number of nitrogens with zero attached hydrogens (tertiary/aromatic N) is 6. The lowest BCUT2D eigenvalue weighted by atomic mass is 10.3. The Hall–Kier alpha value is -2.55. The molecule has 0 aliphatic heterocycles. The first-order valence-corrected chi connectivity index (χ1v) is 6.30. The highest BCUT2D eigenvalue weighted by Crippen LogP contribution is 2.27. The normalized spacial score (nSPS) is 10.4. The molecule has 0 fully saturated rings. The van der Waals surface area contributed by atoms with Crippen molar-refractivity contribution in [2.75, 3.05) is 5.73 Å². The Labute approximate surface area is 121 Å². The van der Waals surface area contributed by atoms with Crippen molar-refractivity contribution >= 4 is 21.9 Å². The molecule has 0 aliphatic carbocycles. The van der Waals surface area contributed by atoms with Crippen molar-refractivity contribution in [1.29, 1.82) is 0 Å². The molecule has 0 amide bonds. The molecule has 3 rings (SSSR count). The topological polar surface area (TPSA) is 105 Å². The second kappa shape index (κ2) is 5.21. The molecular weight excluding hydrogens is 326 g/mol. The summed E-state index contributed by atoms with van der Waals surface area (Å²) < 4.78 is 7.72. The van der Waals surface area contributed by atoms with Crippen LogP contribution < -0.4 is 10.5 Å². The number of rotatable bonds is 3. The SMILES string of the molecule is Nc1nc(Oc2ccccc2Br)nc(-n2cncn2)n1. The summed E-state index contributed by atoms with van der Waals surface area (Å²) in [6.07, 6.45) is 2.82. The third-order valence-corrected chi connectivity index (χ3v) is 2.94. The van der Waals surface area contributed by atoms with E-state index in [-0.39, 0.29) is 17.9 Å². The molecule has 0 radical (unpaired) electrons. The van der Waals surface area contributed by atoms with E-state index in [1.54, 1.807) is 6.07 Å². The molecule has 0 saturated carbocycles. The fourth-order valence-corrected chi connectivity index (χ4v) is 1.81. The van der Waals surface area contributed by atoms with E-state index in [1.807, 2.05) is 18.2 Å². The predicted molar refractivity (Wildman–Crippen MR) is 73.4 cm³/mol. The second-order valence-corrected chi connectivity index (χ2v) is 4.50. The molecule has 100 valence electrons. The number of hydrogen-bond acceptors (Lipinski definition) is 7. The van der Waals surface area contributed by atoms with Gasteiger partial charge in [0.2, 0.25) is 5.95 Å². The smallest absolute Gasteiger partial charge is 0.328 e. The lowest BCUT2D eigenvalue weighted by Gasteiger charge is -2.07. The van der Waals surface area contributed by atoms with Gasteiger partial charge in [0.25, 0.3) is 5.95 Å². The molecule has 0 unspecified atom stereocenters. The third kappa shape index (κ3) is 2.57. The first-order chi connectivity index (χ1) is 9.72. The molecule has 0 aliphatic rings. The third-order valence-electron chi connectivity index (χ3n) is 2.28. The molecule has 0 saturated heterocycles. The Bertz CT molecular complexity index is 731. The summed E-state index contributed by atoms with van der Waals surface area (Å²) in [5.41, 5.74) is 5.64. The van der Waals surface area contributed by atoms with E-state index in [2.05, 4.69) is 41.0 Å². The van der Waals surface area contributed by atoms with Gasteiger partial charge in [0, 0.05) is 0 Å². The van der Waals surface area contributed by atoms with Gasteiger partial charge in [0.1, 0.15) is 18.4 Å². The molecule has 9 heteroatoms. The average molecular weight is 334 g/mol. The van der Waals surface area contributed by atoms with Crippen molar-refractivity contribution < 1.29 is 4.74 Å². The molecule has 0 bridgehead atoms. The molecule has 8 nitrogen and oxygen atoms in total. The summed E-state index contributed by atoms with van der Waals surface area (Å²) in [7, 11) is 0. The predicted octanol–water partition coefficient (Wildman–Crippen LogP) is 1.59. The number of hydrogen-bond donors (Lipinski definition) is 1.